The summed E-state index contributed by atoms with van der Waals surface area (Å²) in [5.74, 6) is 1.98. The van der Waals surface area contributed by atoms with E-state index in [0.29, 0.717) is 55.8 Å². The number of hydrogen-bond donors (Lipinski definition) is 6. The number of alkyl halides is 3. The lowest BCUT2D eigenvalue weighted by Crippen LogP contribution is -2.45. The predicted octanol–water partition coefficient (Wildman–Crippen LogP) is 13.2. The van der Waals surface area contributed by atoms with Crippen LogP contribution in [0.4, 0.5) is 49.8 Å². The Morgan fingerprint density at radius 1 is 0.435 bits per heavy atom. The van der Waals surface area contributed by atoms with Crippen LogP contribution in [0.2, 0.25) is 0 Å². The zero-order valence-corrected chi connectivity index (χ0v) is 77.3. The number of nitrogens with two attached hydrogens (primary N) is 1. The molecule has 0 unspecified atom stereocenters. The Morgan fingerprint density at radius 2 is 0.687 bits per heavy atom. The quantitative estimate of drug-likeness (QED) is 0.0133. The van der Waals surface area contributed by atoms with Gasteiger partial charge in [-0.1, -0.05) is 107 Å². The van der Waals surface area contributed by atoms with Gasteiger partial charge in [0.2, 0.25) is 0 Å². The minimum atomic E-state index is -4.05. The van der Waals surface area contributed by atoms with E-state index in [2.05, 4.69) is 15.0 Å². The Labute approximate surface area is 712 Å². The number of anilines is 3. The van der Waals surface area contributed by atoms with Crippen molar-refractivity contribution in [3.63, 3.8) is 0 Å². The highest BCUT2D eigenvalue weighted by atomic mass is 33.1. The molecule has 0 saturated carbocycles. The van der Waals surface area contributed by atoms with E-state index < -0.39 is 142 Å². The van der Waals surface area contributed by atoms with Gasteiger partial charge in [-0.3, -0.25) is 40.8 Å². The highest BCUT2D eigenvalue weighted by Crippen LogP contribution is 2.55. The number of thioether (sulfide) groups is 3. The number of imide groups is 2. The average Bonchev–Trinajstić information content (AvgIpc) is 1.70. The largest absolute Gasteiger partial charge is 0.474 e. The summed E-state index contributed by atoms with van der Waals surface area (Å²) in [5, 5.41) is 40.9. The second-order valence-corrected chi connectivity index (χ2v) is 46.9. The van der Waals surface area contributed by atoms with Crippen LogP contribution in [0.3, 0.4) is 0 Å². The summed E-state index contributed by atoms with van der Waals surface area (Å²) in [6.45, 7) is 24.5. The Bertz CT molecular complexity index is 3690. The molecular formula is C66H108F3N9O24P2S11. The topological polar surface area (TPSA) is 433 Å². The molecule has 6 heterocycles. The lowest BCUT2D eigenvalue weighted by Gasteiger charge is -2.28. The molecule has 6 rings (SSSR count). The molecule has 0 radical (unpaired) electrons. The van der Waals surface area contributed by atoms with Crippen LogP contribution in [-0.2, 0) is 55.2 Å². The van der Waals surface area contributed by atoms with Crippen molar-refractivity contribution in [2.45, 2.75) is 177 Å². The number of ether oxygens (including phenoxy) is 4. The van der Waals surface area contributed by atoms with E-state index in [-0.39, 0.29) is 95.4 Å². The summed E-state index contributed by atoms with van der Waals surface area (Å²) >= 11 is 3.42. The second kappa shape index (κ2) is 51.0. The maximum Gasteiger partial charge on any atom is 0.474 e. The number of carbonyl (C=O) groups is 4. The number of halogens is 3. The molecule has 3 aliphatic rings. The molecule has 33 nitrogen and oxygen atoms in total. The molecular weight excluding hydrogens is 1770 g/mol. The van der Waals surface area contributed by atoms with E-state index in [1.807, 2.05) is 0 Å². The molecule has 7 N–H and O–H groups in total. The first kappa shape index (κ1) is 105. The minimum Gasteiger partial charge on any atom is -0.443 e. The summed E-state index contributed by atoms with van der Waals surface area (Å²) in [5.41, 5.74) is -0.651. The van der Waals surface area contributed by atoms with Gasteiger partial charge in [0.1, 0.15) is 62.9 Å². The molecule has 3 saturated heterocycles. The Morgan fingerprint density at radius 3 is 0.930 bits per heavy atom. The van der Waals surface area contributed by atoms with Crippen LogP contribution in [0, 0.1) is 17.8 Å². The molecule has 4 amide bonds. The van der Waals surface area contributed by atoms with Gasteiger partial charge in [0.25, 0.3) is 0 Å². The highest BCUT2D eigenvalue weighted by Gasteiger charge is 2.48. The fourth-order valence-corrected chi connectivity index (χ4v) is 23.7. The highest BCUT2D eigenvalue weighted by molar-refractivity contribution is 8.77. The third-order valence-corrected chi connectivity index (χ3v) is 32.1. The van der Waals surface area contributed by atoms with Crippen LogP contribution in [-0.4, -0.2) is 254 Å². The van der Waals surface area contributed by atoms with Crippen LogP contribution < -0.4 is 32.6 Å². The number of aromatic nitrogens is 6. The molecule has 49 heteroatoms. The van der Waals surface area contributed by atoms with E-state index in [0.717, 1.165) is 32.7 Å². The molecule has 3 aliphatic heterocycles. The molecule has 658 valence electrons. The number of nitrogen functional groups attached to an aromatic ring is 1. The fourth-order valence-electron chi connectivity index (χ4n) is 9.50. The van der Waals surface area contributed by atoms with Crippen molar-refractivity contribution in [2.24, 2.45) is 17.8 Å². The number of aliphatic hydroxyl groups is 5. The van der Waals surface area contributed by atoms with Gasteiger partial charge in [-0.25, -0.2) is 55.9 Å². The van der Waals surface area contributed by atoms with E-state index in [1.165, 1.54) is 139 Å². The average molecular weight is 1880 g/mol. The van der Waals surface area contributed by atoms with Crippen molar-refractivity contribution < 1.29 is 113 Å². The Kier molecular flexibility index (Phi) is 46.5. The van der Waals surface area contributed by atoms with Crippen molar-refractivity contribution in [1.82, 2.24) is 28.7 Å². The molecule has 3 fully saturated rings. The standard InChI is InChI=1S/C28H47FN3O11PS5.C20H30FN3O6S.C18H31FN3O7PS5/c1-19-20(18-41-44(38,39-12-16-47-45-14-10-33)40-13-17-48-46-15-11-34)49-23(22(19)29)31-9-8-21(30-24(31)35)32(25(36)42-27(2,3)4)26(37)43-28(5,6)7;1-11-12(10-25)31-15(14(11)21)23-9-8-13(22-16(23)26)24(17(27)29-19(2,3)4)18(28)30-20(5,6)7;1-13-14(35-17(16(13)19)22-3-2-15(20)21-18(22)25)12-29-30(26,27-6-10-33-31-8-4-23)28-7-11-34-32-9-5-24/h8-9,19-20,22-23,33-34H,10-18H2,1-7H3;8-9,11-12,14-15,25H,10H2,1-7H3;2-3,13-14,16-17,23-24H,4-12H2,1H3,(H2,20,21,25)/t19-,20-,22+,23-;11-,12-,14+,15-;13-,14-,16+,17-/m111/s1. The zero-order chi connectivity index (χ0) is 86.2. The van der Waals surface area contributed by atoms with E-state index in [1.54, 1.807) is 104 Å². The zero-order valence-electron chi connectivity index (χ0n) is 66.5. The minimum absolute atomic E-state index is 0.0337. The SMILES string of the molecule is C[C@H]1[C@H](F)[C@H](n2ccc(N(C(=O)OC(C)(C)C)C(=O)OC(C)(C)C)nc2=O)S[C@@H]1CO.C[C@H]1[C@H](F)[C@H](n2ccc(N(C(=O)OC(C)(C)C)C(=O)OC(C)(C)C)nc2=O)S[C@@H]1COP(=O)(OCCSSCCO)OCCSSCCO.C[C@H]1[C@H](F)[C@H](n2ccc(N)nc2=O)S[C@@H]1COP(=O)(OCCSSCCO)OCCSSCCO. The number of phosphoric acid groups is 2. The van der Waals surface area contributed by atoms with E-state index >= 15 is 8.78 Å². The first-order chi connectivity index (χ1) is 53.9. The predicted molar refractivity (Wildman–Crippen MR) is 459 cm³/mol. The van der Waals surface area contributed by atoms with Crippen molar-refractivity contribution in [1.29, 1.82) is 0 Å². The van der Waals surface area contributed by atoms with Crippen molar-refractivity contribution in [3.05, 3.63) is 68.2 Å². The summed E-state index contributed by atoms with van der Waals surface area (Å²) in [6, 6.07) is 3.91. The van der Waals surface area contributed by atoms with Gasteiger partial charge in [-0.2, -0.15) is 24.8 Å². The maximum atomic E-state index is 15.7. The second-order valence-electron chi connectivity index (χ2n) is 28.7. The molecule has 3 aromatic heterocycles. The van der Waals surface area contributed by atoms with Crippen LogP contribution in [0.25, 0.3) is 0 Å². The number of phosphoric ester groups is 2. The number of amides is 4. The third-order valence-electron chi connectivity index (χ3n) is 14.8. The smallest absolute Gasteiger partial charge is 0.443 e. The normalized spacial score (nSPS) is 21.9. The van der Waals surface area contributed by atoms with Crippen LogP contribution in [0.1, 0.15) is 120 Å². The fraction of sp³-hybridized carbons (Fsp3) is 0.758. The molecule has 0 spiro atoms. The number of nitrogens with zero attached hydrogens (tertiary/aromatic N) is 8. The third kappa shape index (κ3) is 36.9. The van der Waals surface area contributed by atoms with Gasteiger partial charge in [-0.15, -0.1) is 35.3 Å². The van der Waals surface area contributed by atoms with Gasteiger partial charge < -0.3 is 50.2 Å². The molecule has 115 heavy (non-hydrogen) atoms. The molecule has 0 aliphatic carbocycles. The lowest BCUT2D eigenvalue weighted by atomic mass is 10.0. The maximum absolute atomic E-state index is 15.7. The van der Waals surface area contributed by atoms with Gasteiger partial charge in [0.15, 0.2) is 11.6 Å². The summed E-state index contributed by atoms with van der Waals surface area (Å²) < 4.78 is 130. The van der Waals surface area contributed by atoms with Gasteiger partial charge >= 0.3 is 57.1 Å². The van der Waals surface area contributed by atoms with Crippen molar-refractivity contribution >= 4 is 179 Å². The summed E-state index contributed by atoms with van der Waals surface area (Å²) in [4.78, 5) is 102. The molecule has 12 atom stereocenters. The van der Waals surface area contributed by atoms with Gasteiger partial charge in [0, 0.05) is 98.1 Å². The monoisotopic (exact) mass is 1880 g/mol. The van der Waals surface area contributed by atoms with E-state index in [9.17, 15) is 52.2 Å². The number of hydrogen-bond acceptors (Lipinski definition) is 39. The molecule has 0 bridgehead atoms. The molecule has 0 aromatic carbocycles. The van der Waals surface area contributed by atoms with Crippen molar-refractivity contribution in [3.8, 4) is 0 Å². The number of aliphatic hydroxyl groups excluding tert-OH is 5. The number of carbonyl (C=O) groups excluding carboxylic acids is 4. The van der Waals surface area contributed by atoms with Crippen molar-refractivity contribution in [2.75, 3.05) is 134 Å². The van der Waals surface area contributed by atoms with Crippen LogP contribution in [0.5, 0.6) is 0 Å². The Balaban J connectivity index is 0.000000375. The van der Waals surface area contributed by atoms with Gasteiger partial charge in [0.05, 0.1) is 72.7 Å². The van der Waals surface area contributed by atoms with Crippen LogP contribution >= 0.6 is 137 Å². The summed E-state index contributed by atoms with van der Waals surface area (Å²) in [7, 11) is 3.65. The Hall–Kier alpha value is -2.42. The first-order valence-corrected chi connectivity index (χ1v) is 51.6. The molecule has 3 aromatic rings. The van der Waals surface area contributed by atoms with Gasteiger partial charge in [-0.05, 0) is 101 Å². The summed E-state index contributed by atoms with van der Waals surface area (Å²) in [6.07, 6.45) is -4.66. The van der Waals surface area contributed by atoms with Crippen LogP contribution in [0.15, 0.2) is 51.2 Å². The first-order valence-electron chi connectivity index (χ1n) is 35.9. The lowest BCUT2D eigenvalue weighted by molar-refractivity contribution is 0.0406. The number of rotatable bonds is 40. The van der Waals surface area contributed by atoms with E-state index in [4.69, 9.17) is 72.2 Å².